The number of aromatic nitrogens is 2. The minimum atomic E-state index is -0.774. The van der Waals surface area contributed by atoms with Gasteiger partial charge in [-0.15, -0.1) is 0 Å². The Hall–Kier alpha value is -2.47. The Bertz CT molecular complexity index is 854. The average molecular weight is 364 g/mol. The summed E-state index contributed by atoms with van der Waals surface area (Å²) in [6.07, 6.45) is 7.08. The summed E-state index contributed by atoms with van der Waals surface area (Å²) in [7, 11) is 0. The molecule has 3 heterocycles. The van der Waals surface area contributed by atoms with E-state index in [1.54, 1.807) is 17.3 Å². The Labute approximate surface area is 158 Å². The van der Waals surface area contributed by atoms with Crippen molar-refractivity contribution >= 4 is 6.09 Å². The van der Waals surface area contributed by atoms with Crippen molar-refractivity contribution in [3.63, 3.8) is 0 Å². The van der Waals surface area contributed by atoms with E-state index in [0.717, 1.165) is 43.7 Å². The molecule has 1 aromatic carbocycles. The minimum absolute atomic E-state index is 0.340. The molecule has 0 bridgehead atoms. The zero-order valence-electron chi connectivity index (χ0n) is 15.3. The van der Waals surface area contributed by atoms with Crippen LogP contribution < -0.4 is 0 Å². The van der Waals surface area contributed by atoms with Crippen LogP contribution in [-0.2, 0) is 6.42 Å². The summed E-state index contributed by atoms with van der Waals surface area (Å²) in [5.74, 6) is 0.789. The van der Waals surface area contributed by atoms with Crippen molar-refractivity contribution in [2.24, 2.45) is 5.41 Å². The normalized spacial score (nSPS) is 23.9. The second-order valence-electron chi connectivity index (χ2n) is 8.22. The second-order valence-corrected chi connectivity index (χ2v) is 8.22. The van der Waals surface area contributed by atoms with Gasteiger partial charge in [-0.2, -0.15) is 0 Å². The number of hydrogen-bond acceptors (Lipinski definition) is 4. The smallest absolute Gasteiger partial charge is 0.407 e. The second kappa shape index (κ2) is 6.30. The van der Waals surface area contributed by atoms with Crippen molar-refractivity contribution in [1.29, 1.82) is 0 Å². The zero-order chi connectivity index (χ0) is 18.4. The van der Waals surface area contributed by atoms with Crippen molar-refractivity contribution in [2.45, 2.75) is 31.7 Å². The number of carbonyl (C=O) groups is 1. The molecule has 1 atom stereocenters. The van der Waals surface area contributed by atoms with Gasteiger partial charge in [-0.3, -0.25) is 4.90 Å². The lowest BCUT2D eigenvalue weighted by molar-refractivity contribution is -0.0664. The lowest BCUT2D eigenvalue weighted by Crippen LogP contribution is -2.61. The summed E-state index contributed by atoms with van der Waals surface area (Å²) in [5.41, 5.74) is 4.31. The summed E-state index contributed by atoms with van der Waals surface area (Å²) in [6.45, 7) is 3.58. The molecule has 2 aliphatic heterocycles. The van der Waals surface area contributed by atoms with Gasteiger partial charge in [0.25, 0.3) is 0 Å². The first-order valence-corrected chi connectivity index (χ1v) is 9.76. The van der Waals surface area contributed by atoms with Gasteiger partial charge in [-0.25, -0.2) is 14.8 Å². The molecule has 1 amide bonds. The molecule has 27 heavy (non-hydrogen) atoms. The van der Waals surface area contributed by atoms with E-state index in [1.807, 2.05) is 6.07 Å². The number of amides is 1. The van der Waals surface area contributed by atoms with E-state index in [1.165, 1.54) is 17.5 Å². The molecule has 1 aromatic heterocycles. The summed E-state index contributed by atoms with van der Waals surface area (Å²) < 4.78 is 0. The van der Waals surface area contributed by atoms with Gasteiger partial charge in [0.1, 0.15) is 0 Å². The van der Waals surface area contributed by atoms with Gasteiger partial charge < -0.3 is 10.0 Å². The summed E-state index contributed by atoms with van der Waals surface area (Å²) in [5, 5.41) is 9.14. The van der Waals surface area contributed by atoms with Crippen LogP contribution in [0.5, 0.6) is 0 Å². The van der Waals surface area contributed by atoms with Crippen LogP contribution in [0.2, 0.25) is 0 Å². The third kappa shape index (κ3) is 2.88. The van der Waals surface area contributed by atoms with Gasteiger partial charge in [-0.1, -0.05) is 12.1 Å². The van der Waals surface area contributed by atoms with Crippen LogP contribution in [0.3, 0.4) is 0 Å². The summed E-state index contributed by atoms with van der Waals surface area (Å²) in [4.78, 5) is 24.0. The third-order valence-electron chi connectivity index (χ3n) is 6.63. The molecule has 140 valence electrons. The van der Waals surface area contributed by atoms with Gasteiger partial charge in [0.05, 0.1) is 0 Å². The topological polar surface area (TPSA) is 69.6 Å². The van der Waals surface area contributed by atoms with Crippen molar-refractivity contribution in [2.75, 3.05) is 26.2 Å². The molecular formula is C21H24N4O2. The van der Waals surface area contributed by atoms with E-state index in [9.17, 15) is 4.79 Å². The Kier molecular flexibility index (Phi) is 3.90. The molecule has 0 saturated carbocycles. The fraction of sp³-hybridized carbons (Fsp3) is 0.476. The number of fused-ring (bicyclic) bond motifs is 1. The maximum Gasteiger partial charge on any atom is 0.407 e. The minimum Gasteiger partial charge on any atom is -0.465 e. The molecule has 2 saturated heterocycles. The quantitative estimate of drug-likeness (QED) is 0.886. The maximum atomic E-state index is 11.1. The molecule has 6 heteroatoms. The van der Waals surface area contributed by atoms with Crippen LogP contribution in [0.15, 0.2) is 36.7 Å². The van der Waals surface area contributed by atoms with Crippen LogP contribution in [0.4, 0.5) is 4.79 Å². The highest BCUT2D eigenvalue weighted by Gasteiger charge is 2.48. The molecule has 1 spiro atoms. The monoisotopic (exact) mass is 364 g/mol. The molecular weight excluding hydrogens is 340 g/mol. The number of rotatable bonds is 2. The Balaban J connectivity index is 1.27. The molecule has 2 aromatic rings. The number of piperidine rings is 1. The fourth-order valence-corrected chi connectivity index (χ4v) is 5.09. The average Bonchev–Trinajstić information content (AvgIpc) is 3.09. The van der Waals surface area contributed by atoms with Crippen molar-refractivity contribution < 1.29 is 9.90 Å². The van der Waals surface area contributed by atoms with E-state index < -0.39 is 6.09 Å². The maximum absolute atomic E-state index is 11.1. The predicted octanol–water partition coefficient (Wildman–Crippen LogP) is 3.21. The number of nitrogens with zero attached hydrogens (tertiary/aromatic N) is 4. The van der Waals surface area contributed by atoms with Crippen LogP contribution in [0, 0.1) is 5.41 Å². The van der Waals surface area contributed by atoms with Gasteiger partial charge in [0.15, 0.2) is 5.82 Å². The first-order valence-electron chi connectivity index (χ1n) is 9.76. The third-order valence-corrected chi connectivity index (χ3v) is 6.63. The summed E-state index contributed by atoms with van der Waals surface area (Å²) >= 11 is 0. The number of carboxylic acid groups (broad SMARTS) is 1. The molecule has 1 N–H and O–H groups in total. The molecule has 6 nitrogen and oxygen atoms in total. The van der Waals surface area contributed by atoms with Crippen molar-refractivity contribution in [3.8, 4) is 11.4 Å². The first kappa shape index (κ1) is 16.7. The van der Waals surface area contributed by atoms with E-state index >= 15 is 0 Å². The van der Waals surface area contributed by atoms with Crippen LogP contribution >= 0.6 is 0 Å². The molecule has 0 radical (unpaired) electrons. The zero-order valence-corrected chi connectivity index (χ0v) is 15.3. The molecule has 3 aliphatic rings. The molecule has 2 fully saturated rings. The molecule has 1 aliphatic carbocycles. The van der Waals surface area contributed by atoms with Crippen LogP contribution in [0.1, 0.15) is 36.4 Å². The number of aryl methyl sites for hydroxylation is 1. The highest BCUT2D eigenvalue weighted by molar-refractivity contribution is 5.65. The van der Waals surface area contributed by atoms with Gasteiger partial charge >= 0.3 is 6.09 Å². The van der Waals surface area contributed by atoms with Crippen molar-refractivity contribution in [3.05, 3.63) is 47.8 Å². The highest BCUT2D eigenvalue weighted by Crippen LogP contribution is 2.48. The van der Waals surface area contributed by atoms with E-state index in [-0.39, 0.29) is 0 Å². The molecule has 5 rings (SSSR count). The molecule has 0 unspecified atom stereocenters. The first-order chi connectivity index (χ1) is 13.1. The number of benzene rings is 1. The standard InChI is InChI=1S/C21H24N4O2/c26-20(27)24-10-6-21(7-11-24)13-25(14-21)18-5-3-15-12-16(2-4-17(15)18)19-22-8-1-9-23-19/h1-2,4,8-9,12,18H,3,5-7,10-11,13-14H2,(H,26,27)/t18-/m1/s1. The van der Waals surface area contributed by atoms with Gasteiger partial charge in [0, 0.05) is 50.2 Å². The highest BCUT2D eigenvalue weighted by atomic mass is 16.4. The number of likely N-dealkylation sites (tertiary alicyclic amines) is 2. The lowest BCUT2D eigenvalue weighted by atomic mass is 9.71. The van der Waals surface area contributed by atoms with Crippen LogP contribution in [0.25, 0.3) is 11.4 Å². The van der Waals surface area contributed by atoms with E-state index in [0.29, 0.717) is 24.5 Å². The van der Waals surface area contributed by atoms with Crippen molar-refractivity contribution in [1.82, 2.24) is 19.8 Å². The summed E-state index contributed by atoms with van der Waals surface area (Å²) in [6, 6.07) is 9.01. The SMILES string of the molecule is O=C(O)N1CCC2(CC1)CN([C@@H]1CCc3cc(-c4ncccn4)ccc31)C2. The Morgan fingerprint density at radius 2 is 1.89 bits per heavy atom. The van der Waals surface area contributed by atoms with Crippen LogP contribution in [-0.4, -0.2) is 57.1 Å². The Morgan fingerprint density at radius 1 is 1.15 bits per heavy atom. The fourth-order valence-electron chi connectivity index (χ4n) is 5.09. The number of hydrogen-bond donors (Lipinski definition) is 1. The van der Waals surface area contributed by atoms with Gasteiger partial charge in [0.2, 0.25) is 0 Å². The van der Waals surface area contributed by atoms with Gasteiger partial charge in [-0.05, 0) is 54.4 Å². The van der Waals surface area contributed by atoms with E-state index in [2.05, 4.69) is 33.1 Å². The Morgan fingerprint density at radius 3 is 2.59 bits per heavy atom. The largest absolute Gasteiger partial charge is 0.465 e. The predicted molar refractivity (Wildman–Crippen MR) is 101 cm³/mol. The van der Waals surface area contributed by atoms with E-state index in [4.69, 9.17) is 5.11 Å². The lowest BCUT2D eigenvalue weighted by Gasteiger charge is -2.56.